The van der Waals surface area contributed by atoms with Crippen molar-refractivity contribution in [1.82, 2.24) is 9.97 Å². The number of anilines is 1. The van der Waals surface area contributed by atoms with Crippen LogP contribution in [0.1, 0.15) is 37.7 Å². The van der Waals surface area contributed by atoms with Gasteiger partial charge in [-0.25, -0.2) is 14.8 Å². The standard InChI is InChI=1S/C14H22N4O2/c1-14(2,3)20-13(19)11-7-17-12(8-16-11)18-5-4-10(6-15)9-18/h7-8,10H,4-6,9,15H2,1-3H3. The average molecular weight is 278 g/mol. The van der Waals surface area contributed by atoms with E-state index in [1.807, 2.05) is 20.8 Å². The molecule has 0 bridgehead atoms. The molecule has 0 amide bonds. The number of rotatable bonds is 3. The van der Waals surface area contributed by atoms with E-state index in [4.69, 9.17) is 10.5 Å². The van der Waals surface area contributed by atoms with Crippen molar-refractivity contribution in [3.05, 3.63) is 18.1 Å². The third-order valence-corrected chi connectivity index (χ3v) is 3.19. The van der Waals surface area contributed by atoms with Gasteiger partial charge in [-0.05, 0) is 39.7 Å². The van der Waals surface area contributed by atoms with E-state index in [0.29, 0.717) is 12.5 Å². The Kier molecular flexibility index (Phi) is 4.23. The van der Waals surface area contributed by atoms with Gasteiger partial charge < -0.3 is 15.4 Å². The first-order chi connectivity index (χ1) is 9.39. The van der Waals surface area contributed by atoms with Crippen LogP contribution in [0.15, 0.2) is 12.4 Å². The van der Waals surface area contributed by atoms with Crippen LogP contribution in [0.2, 0.25) is 0 Å². The van der Waals surface area contributed by atoms with Crippen LogP contribution in [-0.2, 0) is 4.74 Å². The summed E-state index contributed by atoms with van der Waals surface area (Å²) < 4.78 is 5.25. The van der Waals surface area contributed by atoms with E-state index in [1.54, 1.807) is 6.20 Å². The molecule has 20 heavy (non-hydrogen) atoms. The summed E-state index contributed by atoms with van der Waals surface area (Å²) >= 11 is 0. The van der Waals surface area contributed by atoms with Gasteiger partial charge in [-0.2, -0.15) is 0 Å². The first-order valence-electron chi connectivity index (χ1n) is 6.89. The van der Waals surface area contributed by atoms with Crippen molar-refractivity contribution in [1.29, 1.82) is 0 Å². The molecule has 6 heteroatoms. The molecule has 2 N–H and O–H groups in total. The smallest absolute Gasteiger partial charge is 0.359 e. The van der Waals surface area contributed by atoms with Gasteiger partial charge in [0.05, 0.1) is 12.4 Å². The van der Waals surface area contributed by atoms with Gasteiger partial charge in [0, 0.05) is 13.1 Å². The lowest BCUT2D eigenvalue weighted by atomic mass is 10.1. The molecule has 1 fully saturated rings. The molecule has 1 atom stereocenters. The molecule has 1 aromatic rings. The number of ether oxygens (including phenoxy) is 1. The second-order valence-corrected chi connectivity index (χ2v) is 6.10. The number of esters is 1. The second-order valence-electron chi connectivity index (χ2n) is 6.10. The van der Waals surface area contributed by atoms with Crippen molar-refractivity contribution in [3.63, 3.8) is 0 Å². The molecular weight excluding hydrogens is 256 g/mol. The maximum atomic E-state index is 11.8. The molecule has 2 rings (SSSR count). The summed E-state index contributed by atoms with van der Waals surface area (Å²) in [7, 11) is 0. The van der Waals surface area contributed by atoms with Crippen LogP contribution >= 0.6 is 0 Å². The number of hydrogen-bond acceptors (Lipinski definition) is 6. The minimum absolute atomic E-state index is 0.234. The summed E-state index contributed by atoms with van der Waals surface area (Å²) in [6.45, 7) is 8.00. The Morgan fingerprint density at radius 3 is 2.70 bits per heavy atom. The van der Waals surface area contributed by atoms with Crippen molar-refractivity contribution in [3.8, 4) is 0 Å². The lowest BCUT2D eigenvalue weighted by molar-refractivity contribution is 0.00624. The fourth-order valence-corrected chi connectivity index (χ4v) is 2.15. The fourth-order valence-electron chi connectivity index (χ4n) is 2.15. The molecule has 0 aliphatic carbocycles. The molecule has 1 aromatic heterocycles. The molecule has 0 aromatic carbocycles. The lowest BCUT2D eigenvalue weighted by Crippen LogP contribution is -2.26. The summed E-state index contributed by atoms with van der Waals surface area (Å²) in [5.41, 5.74) is 5.38. The van der Waals surface area contributed by atoms with Crippen LogP contribution in [0.3, 0.4) is 0 Å². The highest BCUT2D eigenvalue weighted by Crippen LogP contribution is 2.20. The lowest BCUT2D eigenvalue weighted by Gasteiger charge is -2.19. The SMILES string of the molecule is CC(C)(C)OC(=O)c1cnc(N2CCC(CN)C2)cn1. The van der Waals surface area contributed by atoms with Gasteiger partial charge in [-0.15, -0.1) is 0 Å². The zero-order valence-corrected chi connectivity index (χ0v) is 12.3. The Morgan fingerprint density at radius 2 is 2.20 bits per heavy atom. The topological polar surface area (TPSA) is 81.3 Å². The molecule has 1 saturated heterocycles. The molecule has 1 unspecified atom stereocenters. The maximum absolute atomic E-state index is 11.8. The van der Waals surface area contributed by atoms with Crippen LogP contribution in [0, 0.1) is 5.92 Å². The summed E-state index contributed by atoms with van der Waals surface area (Å²) in [6.07, 6.45) is 4.17. The number of nitrogens with zero attached hydrogens (tertiary/aromatic N) is 3. The predicted molar refractivity (Wildman–Crippen MR) is 76.6 cm³/mol. The Labute approximate surface area is 119 Å². The third kappa shape index (κ3) is 3.66. The highest BCUT2D eigenvalue weighted by molar-refractivity contribution is 5.87. The van der Waals surface area contributed by atoms with Crippen LogP contribution < -0.4 is 10.6 Å². The zero-order chi connectivity index (χ0) is 14.8. The first-order valence-corrected chi connectivity index (χ1v) is 6.89. The van der Waals surface area contributed by atoms with E-state index in [0.717, 1.165) is 25.3 Å². The highest BCUT2D eigenvalue weighted by atomic mass is 16.6. The molecule has 1 aliphatic heterocycles. The van der Waals surface area contributed by atoms with Crippen LogP contribution in [0.4, 0.5) is 5.82 Å². The monoisotopic (exact) mass is 278 g/mol. The molecular formula is C14H22N4O2. The number of aromatic nitrogens is 2. The van der Waals surface area contributed by atoms with Crippen molar-refractivity contribution in [2.75, 3.05) is 24.5 Å². The maximum Gasteiger partial charge on any atom is 0.359 e. The zero-order valence-electron chi connectivity index (χ0n) is 12.3. The number of carbonyl (C=O) groups is 1. The van der Waals surface area contributed by atoms with E-state index in [1.165, 1.54) is 6.20 Å². The minimum atomic E-state index is -0.527. The van der Waals surface area contributed by atoms with Crippen LogP contribution in [-0.4, -0.2) is 41.2 Å². The van der Waals surface area contributed by atoms with E-state index in [2.05, 4.69) is 14.9 Å². The van der Waals surface area contributed by atoms with E-state index in [9.17, 15) is 4.79 Å². The van der Waals surface area contributed by atoms with E-state index in [-0.39, 0.29) is 5.69 Å². The highest BCUT2D eigenvalue weighted by Gasteiger charge is 2.23. The Hall–Kier alpha value is -1.69. The molecule has 110 valence electrons. The largest absolute Gasteiger partial charge is 0.455 e. The van der Waals surface area contributed by atoms with Crippen molar-refractivity contribution >= 4 is 11.8 Å². The number of nitrogens with two attached hydrogens (primary N) is 1. The van der Waals surface area contributed by atoms with Gasteiger partial charge in [0.1, 0.15) is 11.4 Å². The van der Waals surface area contributed by atoms with Crippen molar-refractivity contribution in [2.24, 2.45) is 11.7 Å². The van der Waals surface area contributed by atoms with Crippen LogP contribution in [0.5, 0.6) is 0 Å². The average Bonchev–Trinajstić information content (AvgIpc) is 2.85. The molecule has 0 radical (unpaired) electrons. The summed E-state index contributed by atoms with van der Waals surface area (Å²) in [4.78, 5) is 22.4. The predicted octanol–water partition coefficient (Wildman–Crippen LogP) is 1.22. The molecule has 2 heterocycles. The van der Waals surface area contributed by atoms with Crippen molar-refractivity contribution in [2.45, 2.75) is 32.8 Å². The molecule has 0 saturated carbocycles. The number of carbonyl (C=O) groups excluding carboxylic acids is 1. The fraction of sp³-hybridized carbons (Fsp3) is 0.643. The van der Waals surface area contributed by atoms with Gasteiger partial charge in [0.25, 0.3) is 0 Å². The molecule has 0 spiro atoms. The second kappa shape index (κ2) is 5.75. The van der Waals surface area contributed by atoms with Gasteiger partial charge >= 0.3 is 5.97 Å². The normalized spacial score (nSPS) is 19.2. The minimum Gasteiger partial charge on any atom is -0.455 e. The summed E-state index contributed by atoms with van der Waals surface area (Å²) in [6, 6.07) is 0. The number of hydrogen-bond donors (Lipinski definition) is 1. The van der Waals surface area contributed by atoms with E-state index >= 15 is 0 Å². The summed E-state index contributed by atoms with van der Waals surface area (Å²) in [5.74, 6) is 0.855. The Morgan fingerprint density at radius 1 is 1.45 bits per heavy atom. The van der Waals surface area contributed by atoms with Crippen LogP contribution in [0.25, 0.3) is 0 Å². The Balaban J connectivity index is 2.02. The van der Waals surface area contributed by atoms with E-state index < -0.39 is 11.6 Å². The Bertz CT molecular complexity index is 467. The first kappa shape index (κ1) is 14.7. The molecule has 1 aliphatic rings. The summed E-state index contributed by atoms with van der Waals surface area (Å²) in [5, 5.41) is 0. The van der Waals surface area contributed by atoms with Gasteiger partial charge in [-0.1, -0.05) is 0 Å². The quantitative estimate of drug-likeness (QED) is 0.837. The van der Waals surface area contributed by atoms with Gasteiger partial charge in [-0.3, -0.25) is 0 Å². The van der Waals surface area contributed by atoms with Gasteiger partial charge in [0.15, 0.2) is 5.69 Å². The molecule has 6 nitrogen and oxygen atoms in total. The van der Waals surface area contributed by atoms with Gasteiger partial charge in [0.2, 0.25) is 0 Å². The third-order valence-electron chi connectivity index (χ3n) is 3.19. The van der Waals surface area contributed by atoms with Crippen molar-refractivity contribution < 1.29 is 9.53 Å².